The van der Waals surface area contributed by atoms with E-state index in [-0.39, 0.29) is 29.9 Å². The molecule has 1 amide bonds. The van der Waals surface area contributed by atoms with E-state index in [1.807, 2.05) is 6.92 Å². The van der Waals surface area contributed by atoms with Gasteiger partial charge in [0.25, 0.3) is 0 Å². The summed E-state index contributed by atoms with van der Waals surface area (Å²) in [5.74, 6) is -0.985. The highest BCUT2D eigenvalue weighted by Gasteiger charge is 2.61. The van der Waals surface area contributed by atoms with Gasteiger partial charge >= 0.3 is 0 Å². The van der Waals surface area contributed by atoms with Gasteiger partial charge in [0.2, 0.25) is 5.91 Å². The third-order valence-electron chi connectivity index (χ3n) is 3.95. The van der Waals surface area contributed by atoms with Gasteiger partial charge < -0.3 is 15.5 Å². The molecule has 5 atom stereocenters. The predicted octanol–water partition coefficient (Wildman–Crippen LogP) is -1.18. The molecule has 2 fully saturated rings. The molecule has 1 aliphatic heterocycles. The summed E-state index contributed by atoms with van der Waals surface area (Å²) in [5.41, 5.74) is -0.802. The third kappa shape index (κ3) is 1.16. The molecule has 1 heterocycles. The quantitative estimate of drug-likeness (QED) is 0.442. The summed E-state index contributed by atoms with van der Waals surface area (Å²) in [6.07, 6.45) is -2.38. The van der Waals surface area contributed by atoms with Crippen molar-refractivity contribution in [3.8, 4) is 0 Å². The lowest BCUT2D eigenvalue weighted by atomic mass is 9.60. The van der Waals surface area contributed by atoms with Gasteiger partial charge in [-0.1, -0.05) is 13.8 Å². The molecule has 2 aliphatic rings. The summed E-state index contributed by atoms with van der Waals surface area (Å²) in [6, 6.07) is 0. The number of hydrogen-bond donors (Lipinski definition) is 3. The van der Waals surface area contributed by atoms with E-state index in [0.717, 1.165) is 0 Å². The van der Waals surface area contributed by atoms with E-state index in [1.54, 1.807) is 6.92 Å². The average Bonchev–Trinajstić information content (AvgIpc) is 2.17. The molecule has 15 heavy (non-hydrogen) atoms. The fourth-order valence-electron chi connectivity index (χ4n) is 2.63. The summed E-state index contributed by atoms with van der Waals surface area (Å²) >= 11 is 0. The highest BCUT2D eigenvalue weighted by atomic mass is 16.3. The van der Waals surface area contributed by atoms with Crippen molar-refractivity contribution < 1.29 is 19.8 Å². The van der Waals surface area contributed by atoms with Gasteiger partial charge in [0, 0.05) is 5.92 Å². The average molecular weight is 213 g/mol. The van der Waals surface area contributed by atoms with Crippen LogP contribution in [-0.4, -0.2) is 39.7 Å². The van der Waals surface area contributed by atoms with Gasteiger partial charge in [0.1, 0.15) is 12.2 Å². The maximum absolute atomic E-state index is 11.5. The summed E-state index contributed by atoms with van der Waals surface area (Å²) < 4.78 is 0. The summed E-state index contributed by atoms with van der Waals surface area (Å²) in [7, 11) is 0. The molecule has 5 nitrogen and oxygen atoms in total. The molecular weight excluding hydrogens is 198 g/mol. The van der Waals surface area contributed by atoms with Crippen molar-refractivity contribution in [1.29, 1.82) is 0 Å². The molecule has 0 aromatic rings. The highest BCUT2D eigenvalue weighted by molar-refractivity contribution is 5.91. The first-order chi connectivity index (χ1) is 6.90. The van der Waals surface area contributed by atoms with E-state index >= 15 is 0 Å². The van der Waals surface area contributed by atoms with Crippen LogP contribution in [0, 0.1) is 11.8 Å². The molecule has 3 unspecified atom stereocenters. The van der Waals surface area contributed by atoms with Crippen LogP contribution in [0.2, 0.25) is 0 Å². The standard InChI is InChI=1S/C10H15NO4/c1-4-5(2)10(3-6(12)11-10)9(15)8(14)7(4)13/h4-5,8-9,14-15H,3H2,1-2H3,(H,11,12)/t4?,5?,8-,9-,10?/m1/s1. The Labute approximate surface area is 87.5 Å². The van der Waals surface area contributed by atoms with Crippen LogP contribution < -0.4 is 5.32 Å². The van der Waals surface area contributed by atoms with Crippen LogP contribution in [0.25, 0.3) is 0 Å². The van der Waals surface area contributed by atoms with Gasteiger partial charge in [0.15, 0.2) is 5.78 Å². The summed E-state index contributed by atoms with van der Waals surface area (Å²) in [6.45, 7) is 3.53. The maximum Gasteiger partial charge on any atom is 0.223 e. The lowest BCUT2D eigenvalue weighted by Crippen LogP contribution is -2.77. The maximum atomic E-state index is 11.5. The minimum absolute atomic E-state index is 0.144. The smallest absolute Gasteiger partial charge is 0.223 e. The molecule has 0 bridgehead atoms. The Morgan fingerprint density at radius 2 is 1.87 bits per heavy atom. The molecule has 2 rings (SSSR count). The number of amides is 1. The summed E-state index contributed by atoms with van der Waals surface area (Å²) in [5, 5.41) is 22.0. The first-order valence-corrected chi connectivity index (χ1v) is 5.11. The third-order valence-corrected chi connectivity index (χ3v) is 3.95. The number of Topliss-reactive ketones (excluding diaryl/α,β-unsaturated/α-hetero) is 1. The summed E-state index contributed by atoms with van der Waals surface area (Å²) in [4.78, 5) is 22.5. The normalized spacial score (nSPS) is 50.1. The minimum atomic E-state index is -1.38. The van der Waals surface area contributed by atoms with Crippen LogP contribution in [0.1, 0.15) is 20.3 Å². The number of nitrogens with one attached hydrogen (secondary N) is 1. The zero-order valence-electron chi connectivity index (χ0n) is 8.73. The van der Waals surface area contributed by atoms with Gasteiger partial charge in [-0.3, -0.25) is 9.59 Å². The van der Waals surface area contributed by atoms with Crippen molar-refractivity contribution in [3.63, 3.8) is 0 Å². The van der Waals surface area contributed by atoms with Crippen LogP contribution in [0.4, 0.5) is 0 Å². The van der Waals surface area contributed by atoms with Gasteiger partial charge in [-0.2, -0.15) is 0 Å². The Hall–Kier alpha value is -0.940. The Bertz CT molecular complexity index is 299. The predicted molar refractivity (Wildman–Crippen MR) is 50.8 cm³/mol. The van der Waals surface area contributed by atoms with E-state index in [4.69, 9.17) is 0 Å². The number of aliphatic hydroxyl groups is 2. The molecule has 1 saturated heterocycles. The van der Waals surface area contributed by atoms with Crippen molar-refractivity contribution in [1.82, 2.24) is 5.32 Å². The number of aliphatic hydroxyl groups excluding tert-OH is 2. The Balaban J connectivity index is 2.31. The first kappa shape index (κ1) is 10.6. The van der Waals surface area contributed by atoms with E-state index in [1.165, 1.54) is 0 Å². The Morgan fingerprint density at radius 3 is 2.33 bits per heavy atom. The second-order valence-corrected chi connectivity index (χ2v) is 4.63. The molecule has 0 aromatic carbocycles. The fraction of sp³-hybridized carbons (Fsp3) is 0.800. The van der Waals surface area contributed by atoms with Crippen molar-refractivity contribution >= 4 is 11.7 Å². The molecule has 0 aromatic heterocycles. The van der Waals surface area contributed by atoms with Gasteiger partial charge in [-0.15, -0.1) is 0 Å². The largest absolute Gasteiger partial charge is 0.387 e. The topological polar surface area (TPSA) is 86.6 Å². The van der Waals surface area contributed by atoms with Crippen LogP contribution in [0.15, 0.2) is 0 Å². The molecule has 5 heteroatoms. The highest BCUT2D eigenvalue weighted by Crippen LogP contribution is 2.42. The second-order valence-electron chi connectivity index (χ2n) is 4.63. The molecular formula is C10H15NO4. The lowest BCUT2D eigenvalue weighted by molar-refractivity contribution is -0.174. The van der Waals surface area contributed by atoms with Gasteiger partial charge in [-0.25, -0.2) is 0 Å². The lowest BCUT2D eigenvalue weighted by Gasteiger charge is -2.55. The number of ketones is 1. The number of β-lactam (4-membered cyclic amide) rings is 1. The Morgan fingerprint density at radius 1 is 1.33 bits per heavy atom. The van der Waals surface area contributed by atoms with Crippen molar-refractivity contribution in [2.75, 3.05) is 0 Å². The van der Waals surface area contributed by atoms with Crippen LogP contribution in [0.5, 0.6) is 0 Å². The number of hydrogen-bond acceptors (Lipinski definition) is 4. The number of rotatable bonds is 0. The monoisotopic (exact) mass is 213 g/mol. The van der Waals surface area contributed by atoms with Crippen LogP contribution >= 0.6 is 0 Å². The fourth-order valence-corrected chi connectivity index (χ4v) is 2.63. The zero-order chi connectivity index (χ0) is 11.4. The first-order valence-electron chi connectivity index (χ1n) is 5.11. The number of carbonyl (C=O) groups is 2. The molecule has 84 valence electrons. The van der Waals surface area contributed by atoms with Crippen LogP contribution in [0.3, 0.4) is 0 Å². The molecule has 1 aliphatic carbocycles. The van der Waals surface area contributed by atoms with Crippen molar-refractivity contribution in [3.05, 3.63) is 0 Å². The van der Waals surface area contributed by atoms with Crippen LogP contribution in [-0.2, 0) is 9.59 Å². The zero-order valence-corrected chi connectivity index (χ0v) is 8.73. The van der Waals surface area contributed by atoms with E-state index in [9.17, 15) is 19.8 Å². The SMILES string of the molecule is CC1C(=O)[C@@H](O)[C@@H](O)C2(CC(=O)N2)C1C. The van der Waals surface area contributed by atoms with Gasteiger partial charge in [-0.05, 0) is 5.92 Å². The Kier molecular flexibility index (Phi) is 2.13. The van der Waals surface area contributed by atoms with E-state index in [2.05, 4.69) is 5.32 Å². The molecule has 0 radical (unpaired) electrons. The van der Waals surface area contributed by atoms with E-state index in [0.29, 0.717) is 0 Å². The van der Waals surface area contributed by atoms with Crippen molar-refractivity contribution in [2.45, 2.75) is 38.0 Å². The van der Waals surface area contributed by atoms with Gasteiger partial charge in [0.05, 0.1) is 12.0 Å². The van der Waals surface area contributed by atoms with Crippen molar-refractivity contribution in [2.24, 2.45) is 11.8 Å². The van der Waals surface area contributed by atoms with E-state index < -0.39 is 17.7 Å². The molecule has 1 saturated carbocycles. The molecule has 3 N–H and O–H groups in total. The molecule has 1 spiro atoms. The minimum Gasteiger partial charge on any atom is -0.387 e. The second kappa shape index (κ2) is 3.02. The number of carbonyl (C=O) groups excluding carboxylic acids is 2.